The Morgan fingerprint density at radius 3 is 2.59 bits per heavy atom. The van der Waals surface area contributed by atoms with Crippen LogP contribution in [0.1, 0.15) is 26.3 Å². The zero-order chi connectivity index (χ0) is 20.4. The number of benzene rings is 1. The molecule has 0 aliphatic carbocycles. The first kappa shape index (κ1) is 20.4. The number of nitro benzene ring substituents is 1. The lowest BCUT2D eigenvalue weighted by molar-refractivity contribution is -0.384. The van der Waals surface area contributed by atoms with Gasteiger partial charge in [0, 0.05) is 24.4 Å². The monoisotopic (exact) mass is 377 g/mol. The first-order valence-corrected chi connectivity index (χ1v) is 8.37. The van der Waals surface area contributed by atoms with Crippen LogP contribution in [0.3, 0.4) is 0 Å². The third-order valence-corrected chi connectivity index (χ3v) is 4.24. The molecule has 2 rings (SSSR count). The quantitative estimate of drug-likeness (QED) is 0.438. The molecule has 1 heterocycles. The Kier molecular flexibility index (Phi) is 5.85. The number of nitrogens with zero attached hydrogens (tertiary/aromatic N) is 2. The van der Waals surface area contributed by atoms with E-state index in [2.05, 4.69) is 5.32 Å². The van der Waals surface area contributed by atoms with E-state index >= 15 is 0 Å². The number of hydrogen-bond donors (Lipinski definition) is 2. The third kappa shape index (κ3) is 4.25. The topological polar surface area (TPSA) is 122 Å². The molecule has 0 bridgehead atoms. The number of nitro groups is 1. The van der Waals surface area contributed by atoms with Crippen molar-refractivity contribution in [1.82, 2.24) is 4.90 Å². The highest BCUT2D eigenvalue weighted by atomic mass is 16.6. The van der Waals surface area contributed by atoms with Gasteiger partial charge < -0.3 is 20.1 Å². The molecule has 0 atom stereocenters. The van der Waals surface area contributed by atoms with Gasteiger partial charge in [0.05, 0.1) is 30.8 Å². The summed E-state index contributed by atoms with van der Waals surface area (Å²) in [5, 5.41) is 23.2. The maximum absolute atomic E-state index is 12.7. The van der Waals surface area contributed by atoms with Crippen molar-refractivity contribution in [2.75, 3.05) is 32.1 Å². The smallest absolute Gasteiger partial charge is 0.337 e. The summed E-state index contributed by atoms with van der Waals surface area (Å²) in [6, 6.07) is 4.37. The normalized spacial score (nSPS) is 14.6. The van der Waals surface area contributed by atoms with Crippen molar-refractivity contribution in [3.8, 4) is 0 Å². The van der Waals surface area contributed by atoms with Crippen LogP contribution in [0.25, 0.3) is 0 Å². The van der Waals surface area contributed by atoms with E-state index in [4.69, 9.17) is 9.84 Å². The van der Waals surface area contributed by atoms with Gasteiger partial charge in [-0.2, -0.15) is 0 Å². The van der Waals surface area contributed by atoms with Gasteiger partial charge in [0.1, 0.15) is 5.70 Å². The molecule has 1 aromatic rings. The first-order chi connectivity index (χ1) is 12.6. The molecule has 2 N–H and O–H groups in total. The average molecular weight is 377 g/mol. The van der Waals surface area contributed by atoms with Crippen LogP contribution < -0.4 is 5.32 Å². The van der Waals surface area contributed by atoms with Crippen molar-refractivity contribution in [2.45, 2.75) is 26.2 Å². The Hall–Kier alpha value is -2.94. The molecule has 9 heteroatoms. The van der Waals surface area contributed by atoms with E-state index in [1.807, 2.05) is 20.8 Å². The van der Waals surface area contributed by atoms with Crippen molar-refractivity contribution >= 4 is 23.3 Å². The van der Waals surface area contributed by atoms with Crippen LogP contribution in [0.15, 0.2) is 29.5 Å². The van der Waals surface area contributed by atoms with Gasteiger partial charge in [-0.25, -0.2) is 4.79 Å². The lowest BCUT2D eigenvalue weighted by atomic mass is 9.85. The van der Waals surface area contributed by atoms with Gasteiger partial charge in [0.15, 0.2) is 0 Å². The van der Waals surface area contributed by atoms with Gasteiger partial charge in [0.2, 0.25) is 0 Å². The number of nitrogens with one attached hydrogen (secondary N) is 1. The molecule has 1 aliphatic rings. The molecule has 0 spiro atoms. The number of rotatable bonds is 6. The number of anilines is 1. The highest BCUT2D eigenvalue weighted by molar-refractivity contribution is 6.08. The highest BCUT2D eigenvalue weighted by Crippen LogP contribution is 2.34. The number of amides is 1. The summed E-state index contributed by atoms with van der Waals surface area (Å²) in [4.78, 5) is 36.7. The number of aliphatic hydroxyl groups excluding tert-OH is 1. The van der Waals surface area contributed by atoms with Gasteiger partial charge in [-0.1, -0.05) is 20.8 Å². The zero-order valence-corrected chi connectivity index (χ0v) is 15.7. The number of esters is 1. The van der Waals surface area contributed by atoms with E-state index in [1.54, 1.807) is 6.07 Å². The lowest BCUT2D eigenvalue weighted by Crippen LogP contribution is -2.31. The molecule has 1 aromatic carbocycles. The Bertz CT molecular complexity index is 810. The van der Waals surface area contributed by atoms with Crippen molar-refractivity contribution in [1.29, 1.82) is 0 Å². The SMILES string of the molecule is COC(=O)C1=C(Nc2cc([N+](=O)[O-])ccc2C(C)(C)C)C(=O)N(CCO)C1. The lowest BCUT2D eigenvalue weighted by Gasteiger charge is -2.24. The molecule has 9 nitrogen and oxygen atoms in total. The van der Waals surface area contributed by atoms with Crippen molar-refractivity contribution in [2.24, 2.45) is 0 Å². The number of β-amino-alcohol motifs (C(OH)–C–C–N with tert-alkyl or cyclic N) is 1. The molecule has 1 amide bonds. The second kappa shape index (κ2) is 7.75. The number of carbonyl (C=O) groups is 2. The first-order valence-electron chi connectivity index (χ1n) is 8.37. The summed E-state index contributed by atoms with van der Waals surface area (Å²) in [5.41, 5.74) is 0.730. The predicted octanol–water partition coefficient (Wildman–Crippen LogP) is 1.57. The molecule has 0 saturated carbocycles. The Balaban J connectivity index is 2.54. The minimum Gasteiger partial charge on any atom is -0.466 e. The molecule has 0 radical (unpaired) electrons. The van der Waals surface area contributed by atoms with E-state index in [9.17, 15) is 19.7 Å². The Labute approximate surface area is 156 Å². The van der Waals surface area contributed by atoms with Crippen LogP contribution >= 0.6 is 0 Å². The molecule has 146 valence electrons. The number of non-ortho nitro benzene ring substituents is 1. The highest BCUT2D eigenvalue weighted by Gasteiger charge is 2.35. The standard InChI is InChI=1S/C18H23N3O6/c1-18(2,3)13-6-5-11(21(25)26)9-14(13)19-15-12(17(24)27-4)10-20(7-8-22)16(15)23/h5-6,9,19,22H,7-8,10H2,1-4H3. The Morgan fingerprint density at radius 2 is 2.07 bits per heavy atom. The molecule has 0 aromatic heterocycles. The summed E-state index contributed by atoms with van der Waals surface area (Å²) >= 11 is 0. The number of aliphatic hydroxyl groups is 1. The van der Waals surface area contributed by atoms with E-state index < -0.39 is 16.8 Å². The average Bonchev–Trinajstić information content (AvgIpc) is 2.90. The van der Waals surface area contributed by atoms with Gasteiger partial charge in [-0.15, -0.1) is 0 Å². The second-order valence-corrected chi connectivity index (χ2v) is 7.16. The largest absolute Gasteiger partial charge is 0.466 e. The summed E-state index contributed by atoms with van der Waals surface area (Å²) in [6.45, 7) is 5.60. The fourth-order valence-corrected chi connectivity index (χ4v) is 2.89. The van der Waals surface area contributed by atoms with Crippen LogP contribution in [-0.4, -0.2) is 53.6 Å². The van der Waals surface area contributed by atoms with Crippen LogP contribution in [-0.2, 0) is 19.7 Å². The number of methoxy groups -OCH3 is 1. The molecule has 27 heavy (non-hydrogen) atoms. The molecular formula is C18H23N3O6. The summed E-state index contributed by atoms with van der Waals surface area (Å²) in [6.07, 6.45) is 0. The van der Waals surface area contributed by atoms with E-state index in [1.165, 1.54) is 24.1 Å². The summed E-state index contributed by atoms with van der Waals surface area (Å²) in [7, 11) is 1.21. The van der Waals surface area contributed by atoms with Gasteiger partial charge in [0.25, 0.3) is 11.6 Å². The summed E-state index contributed by atoms with van der Waals surface area (Å²) < 4.78 is 4.75. The molecule has 0 unspecified atom stereocenters. The Morgan fingerprint density at radius 1 is 1.41 bits per heavy atom. The van der Waals surface area contributed by atoms with E-state index in [0.717, 1.165) is 5.56 Å². The molecule has 0 saturated heterocycles. The van der Waals surface area contributed by atoms with Crippen molar-refractivity contribution in [3.05, 3.63) is 45.1 Å². The molecule has 1 aliphatic heterocycles. The number of hydrogen-bond acceptors (Lipinski definition) is 7. The summed E-state index contributed by atoms with van der Waals surface area (Å²) in [5.74, 6) is -1.15. The van der Waals surface area contributed by atoms with Crippen LogP contribution in [0.5, 0.6) is 0 Å². The second-order valence-electron chi connectivity index (χ2n) is 7.16. The van der Waals surface area contributed by atoms with Crippen molar-refractivity contribution in [3.63, 3.8) is 0 Å². The maximum atomic E-state index is 12.7. The van der Waals surface area contributed by atoms with Crippen molar-refractivity contribution < 1.29 is 24.4 Å². The molecular weight excluding hydrogens is 354 g/mol. The van der Waals surface area contributed by atoms with Gasteiger partial charge >= 0.3 is 5.97 Å². The minimum absolute atomic E-state index is 0.00120. The van der Waals surface area contributed by atoms with Crippen LogP contribution in [0, 0.1) is 10.1 Å². The fourth-order valence-electron chi connectivity index (χ4n) is 2.89. The zero-order valence-electron chi connectivity index (χ0n) is 15.7. The number of carbonyl (C=O) groups excluding carboxylic acids is 2. The van der Waals surface area contributed by atoms with Gasteiger partial charge in [-0.3, -0.25) is 14.9 Å². The van der Waals surface area contributed by atoms with Crippen LogP contribution in [0.4, 0.5) is 11.4 Å². The minimum atomic E-state index is -0.672. The number of ether oxygens (including phenoxy) is 1. The van der Waals surface area contributed by atoms with E-state index in [0.29, 0.717) is 5.69 Å². The van der Waals surface area contributed by atoms with Gasteiger partial charge in [-0.05, 0) is 17.0 Å². The molecule has 0 fully saturated rings. The van der Waals surface area contributed by atoms with Crippen LogP contribution in [0.2, 0.25) is 0 Å². The van der Waals surface area contributed by atoms with E-state index in [-0.39, 0.29) is 42.1 Å². The fraction of sp³-hybridized carbons (Fsp3) is 0.444. The predicted molar refractivity (Wildman–Crippen MR) is 98.1 cm³/mol. The maximum Gasteiger partial charge on any atom is 0.337 e. The third-order valence-electron chi connectivity index (χ3n) is 4.24.